The number of benzene rings is 1. The molecule has 17 heteroatoms. The smallest absolute Gasteiger partial charge is 0.416 e. The first-order chi connectivity index (χ1) is 23.1. The first-order valence-electron chi connectivity index (χ1n) is 15.8. The first-order valence-corrected chi connectivity index (χ1v) is 16.1. The van der Waals surface area contributed by atoms with Gasteiger partial charge in [0.2, 0.25) is 11.7 Å². The second-order valence-corrected chi connectivity index (χ2v) is 13.2. The largest absolute Gasteiger partial charge is 0.444 e. The predicted molar refractivity (Wildman–Crippen MR) is 174 cm³/mol. The second-order valence-electron chi connectivity index (χ2n) is 12.8. The van der Waals surface area contributed by atoms with E-state index in [9.17, 15) is 27.6 Å². The van der Waals surface area contributed by atoms with E-state index in [1.165, 1.54) is 16.6 Å². The van der Waals surface area contributed by atoms with Crippen LogP contribution in [0.4, 0.5) is 23.7 Å². The monoisotopic (exact) mass is 709 g/mol. The molecule has 1 atom stereocenters. The molecular weight excluding hydrogens is 671 g/mol. The molecule has 4 heterocycles. The van der Waals surface area contributed by atoms with E-state index in [-0.39, 0.29) is 54.0 Å². The maximum absolute atomic E-state index is 14.7. The summed E-state index contributed by atoms with van der Waals surface area (Å²) in [6, 6.07) is 2.62. The molecule has 2 aromatic heterocycles. The molecule has 13 nitrogen and oxygen atoms in total. The molecule has 49 heavy (non-hydrogen) atoms. The van der Waals surface area contributed by atoms with E-state index < -0.39 is 47.0 Å². The van der Waals surface area contributed by atoms with Crippen LogP contribution in [0.15, 0.2) is 29.1 Å². The van der Waals surface area contributed by atoms with E-state index >= 15 is 0 Å². The lowest BCUT2D eigenvalue weighted by atomic mass is 9.85. The van der Waals surface area contributed by atoms with Crippen LogP contribution >= 0.6 is 11.6 Å². The maximum atomic E-state index is 14.7. The van der Waals surface area contributed by atoms with Gasteiger partial charge in [-0.15, -0.1) is 5.10 Å². The molecule has 2 N–H and O–H groups in total. The molecule has 1 aromatic carbocycles. The van der Waals surface area contributed by atoms with Crippen LogP contribution in [0.1, 0.15) is 56.8 Å². The number of methoxy groups -OCH3 is 1. The molecule has 0 spiro atoms. The summed E-state index contributed by atoms with van der Waals surface area (Å²) in [4.78, 5) is 48.2. The Bertz CT molecular complexity index is 1830. The Labute approximate surface area is 285 Å². The van der Waals surface area contributed by atoms with E-state index in [0.29, 0.717) is 31.9 Å². The highest BCUT2D eigenvalue weighted by atomic mass is 35.5. The van der Waals surface area contributed by atoms with Gasteiger partial charge in [0.1, 0.15) is 17.7 Å². The van der Waals surface area contributed by atoms with Crippen molar-refractivity contribution in [3.05, 3.63) is 62.3 Å². The molecule has 1 saturated heterocycles. The molecule has 0 bridgehead atoms. The summed E-state index contributed by atoms with van der Waals surface area (Å²) < 4.78 is 59.2. The Hall–Kier alpha value is -3.99. The molecule has 0 aliphatic carbocycles. The fourth-order valence-corrected chi connectivity index (χ4v) is 6.36. The van der Waals surface area contributed by atoms with Gasteiger partial charge in [0.25, 0.3) is 5.56 Å². The van der Waals surface area contributed by atoms with Gasteiger partial charge in [-0.2, -0.15) is 22.7 Å². The number of ether oxygens (including phenoxy) is 3. The number of amides is 2. The fourth-order valence-electron chi connectivity index (χ4n) is 6.14. The van der Waals surface area contributed by atoms with Crippen LogP contribution < -0.4 is 16.2 Å². The number of piperazine rings is 1. The van der Waals surface area contributed by atoms with Crippen molar-refractivity contribution in [3.63, 3.8) is 0 Å². The Morgan fingerprint density at radius 2 is 1.98 bits per heavy atom. The van der Waals surface area contributed by atoms with Crippen LogP contribution in [-0.2, 0) is 43.7 Å². The lowest BCUT2D eigenvalue weighted by Gasteiger charge is -2.47. The van der Waals surface area contributed by atoms with Crippen molar-refractivity contribution in [2.75, 3.05) is 51.9 Å². The number of aromatic nitrogens is 4. The third kappa shape index (κ3) is 7.46. The number of nitrogens with zero attached hydrogens (tertiary/aromatic N) is 5. The average molecular weight is 710 g/mol. The van der Waals surface area contributed by atoms with E-state index in [1.54, 1.807) is 27.7 Å². The number of rotatable bonds is 8. The molecule has 2 aliphatic rings. The summed E-state index contributed by atoms with van der Waals surface area (Å²) in [6.45, 7) is 7.97. The van der Waals surface area contributed by atoms with E-state index in [0.717, 1.165) is 28.3 Å². The highest BCUT2D eigenvalue weighted by Gasteiger charge is 2.49. The second kappa shape index (κ2) is 14.1. The number of halogens is 4. The van der Waals surface area contributed by atoms with Crippen molar-refractivity contribution in [1.82, 2.24) is 29.4 Å². The van der Waals surface area contributed by atoms with Gasteiger partial charge in [-0.05, 0) is 57.4 Å². The molecular formula is C32H39ClF3N7O6. The Kier molecular flexibility index (Phi) is 10.4. The van der Waals surface area contributed by atoms with Crippen LogP contribution in [0.3, 0.4) is 0 Å². The maximum Gasteiger partial charge on any atom is 0.416 e. The van der Waals surface area contributed by atoms with Gasteiger partial charge in [0, 0.05) is 32.4 Å². The average Bonchev–Trinajstić information content (AvgIpc) is 3.49. The quantitative estimate of drug-likeness (QED) is 0.351. The SMILES string of the molecule is CCc1c(C2(COC)CNCCN2C(=O)OC(C)(C)C)c(=O)n2nc(C3=CCOCC3)nc2n1CC(=O)Nc1ccc(C(F)(F)F)cc1Cl. The fraction of sp³-hybridized carbons (Fsp3) is 0.531. The lowest BCUT2D eigenvalue weighted by molar-refractivity contribution is -0.137. The number of fused-ring (bicyclic) bond motifs is 1. The van der Waals surface area contributed by atoms with E-state index in [4.69, 9.17) is 25.8 Å². The highest BCUT2D eigenvalue weighted by molar-refractivity contribution is 6.33. The normalized spacial score (nSPS) is 18.8. The summed E-state index contributed by atoms with van der Waals surface area (Å²) in [5, 5.41) is 10.1. The Morgan fingerprint density at radius 3 is 2.59 bits per heavy atom. The van der Waals surface area contributed by atoms with Gasteiger partial charge in [0.05, 0.1) is 41.7 Å². The number of alkyl halides is 3. The zero-order chi connectivity index (χ0) is 35.7. The third-order valence-electron chi connectivity index (χ3n) is 8.22. The zero-order valence-corrected chi connectivity index (χ0v) is 28.6. The van der Waals surface area contributed by atoms with Crippen molar-refractivity contribution in [2.45, 2.75) is 64.4 Å². The highest BCUT2D eigenvalue weighted by Crippen LogP contribution is 2.35. The van der Waals surface area contributed by atoms with Crippen molar-refractivity contribution >= 4 is 40.6 Å². The minimum absolute atomic E-state index is 0.0343. The van der Waals surface area contributed by atoms with E-state index in [1.807, 2.05) is 6.08 Å². The van der Waals surface area contributed by atoms with Crippen molar-refractivity contribution in [1.29, 1.82) is 0 Å². The summed E-state index contributed by atoms with van der Waals surface area (Å²) in [5.74, 6) is -0.331. The van der Waals surface area contributed by atoms with Gasteiger partial charge in [-0.1, -0.05) is 24.6 Å². The molecule has 0 radical (unpaired) electrons. The number of carbonyl (C=O) groups is 2. The topological polar surface area (TPSA) is 141 Å². The zero-order valence-electron chi connectivity index (χ0n) is 27.9. The van der Waals surface area contributed by atoms with Gasteiger partial charge in [-0.25, -0.2) is 4.79 Å². The number of hydrogen-bond acceptors (Lipinski definition) is 9. The summed E-state index contributed by atoms with van der Waals surface area (Å²) in [6.07, 6.45) is -2.75. The number of anilines is 1. The van der Waals surface area contributed by atoms with Crippen molar-refractivity contribution in [3.8, 4) is 0 Å². The van der Waals surface area contributed by atoms with Gasteiger partial charge < -0.3 is 29.4 Å². The predicted octanol–water partition coefficient (Wildman–Crippen LogP) is 4.25. The molecule has 3 aromatic rings. The van der Waals surface area contributed by atoms with Gasteiger partial charge >= 0.3 is 12.3 Å². The van der Waals surface area contributed by atoms with Crippen LogP contribution in [0.2, 0.25) is 5.02 Å². The summed E-state index contributed by atoms with van der Waals surface area (Å²) in [7, 11) is 1.46. The standard InChI is InChI=1S/C32H39ClF3N7O6/c1-6-23-25(31(18-47-5)17-37-11-12-42(31)29(46)49-30(2,3)4)27(45)43-28(39-26(40-43)19-9-13-48-14-10-19)41(23)16-24(44)38-22-8-7-20(15-21(22)33)32(34,35)36/h7-9,15,37H,6,10-14,16-18H2,1-5H3,(H,38,44). The third-order valence-corrected chi connectivity index (χ3v) is 8.53. The summed E-state index contributed by atoms with van der Waals surface area (Å²) >= 11 is 6.14. The van der Waals surface area contributed by atoms with Crippen LogP contribution in [0.5, 0.6) is 0 Å². The Balaban J connectivity index is 1.70. The minimum atomic E-state index is -4.62. The first kappa shape index (κ1) is 36.3. The number of hydrogen-bond donors (Lipinski definition) is 2. The van der Waals surface area contributed by atoms with Crippen LogP contribution in [0, 0.1) is 0 Å². The molecule has 1 unspecified atom stereocenters. The summed E-state index contributed by atoms with van der Waals surface area (Å²) in [5.41, 5.74) is -2.52. The van der Waals surface area contributed by atoms with Crippen LogP contribution in [0.25, 0.3) is 11.4 Å². The van der Waals surface area contributed by atoms with Gasteiger partial charge in [-0.3, -0.25) is 14.5 Å². The molecule has 2 amide bonds. The minimum Gasteiger partial charge on any atom is -0.444 e. The number of nitrogens with one attached hydrogen (secondary N) is 2. The van der Waals surface area contributed by atoms with Crippen molar-refractivity contribution < 1.29 is 37.0 Å². The number of carbonyl (C=O) groups excluding carboxylic acids is 2. The Morgan fingerprint density at radius 1 is 1.22 bits per heavy atom. The molecule has 2 aliphatic heterocycles. The van der Waals surface area contributed by atoms with Gasteiger partial charge in [0.15, 0.2) is 5.82 Å². The lowest BCUT2D eigenvalue weighted by Crippen LogP contribution is -2.65. The molecule has 1 fully saturated rings. The van der Waals surface area contributed by atoms with Crippen molar-refractivity contribution in [2.24, 2.45) is 0 Å². The molecule has 5 rings (SSSR count). The van der Waals surface area contributed by atoms with Crippen LogP contribution in [-0.4, -0.2) is 88.2 Å². The van der Waals surface area contributed by atoms with E-state index in [2.05, 4.69) is 20.7 Å². The molecule has 266 valence electrons. The molecule has 0 saturated carbocycles.